The van der Waals surface area contributed by atoms with E-state index >= 15 is 0 Å². The van der Waals surface area contributed by atoms with Crippen LogP contribution in [0.15, 0.2) is 42.2 Å². The number of imidazole rings is 1. The van der Waals surface area contributed by atoms with Gasteiger partial charge in [0.2, 0.25) is 0 Å². The van der Waals surface area contributed by atoms with E-state index in [1.165, 1.54) is 0 Å². The normalized spacial score (nSPS) is 13.9. The van der Waals surface area contributed by atoms with Crippen molar-refractivity contribution in [2.24, 2.45) is 7.05 Å². The van der Waals surface area contributed by atoms with E-state index in [0.29, 0.717) is 41.6 Å². The van der Waals surface area contributed by atoms with Crippen molar-refractivity contribution in [3.63, 3.8) is 0 Å². The summed E-state index contributed by atoms with van der Waals surface area (Å²) < 4.78 is 17.8. The van der Waals surface area contributed by atoms with Crippen LogP contribution in [-0.2, 0) is 13.5 Å². The van der Waals surface area contributed by atoms with E-state index in [4.69, 9.17) is 19.6 Å². The summed E-state index contributed by atoms with van der Waals surface area (Å²) in [6.07, 6.45) is 0.697. The average molecular weight is 422 g/mol. The molecule has 2 aromatic carbocycles. The first kappa shape index (κ1) is 20.6. The number of methoxy groups -OCH3 is 3. The van der Waals surface area contributed by atoms with Crippen molar-refractivity contribution in [2.75, 3.05) is 34.4 Å². The Morgan fingerprint density at radius 2 is 1.81 bits per heavy atom. The molecule has 162 valence electrons. The van der Waals surface area contributed by atoms with Crippen LogP contribution >= 0.6 is 0 Å². The number of rotatable bonds is 7. The van der Waals surface area contributed by atoms with Gasteiger partial charge in [-0.3, -0.25) is 5.41 Å². The quantitative estimate of drug-likeness (QED) is 0.606. The van der Waals surface area contributed by atoms with E-state index in [1.807, 2.05) is 52.9 Å². The maximum absolute atomic E-state index is 10.7. The third kappa shape index (κ3) is 3.65. The van der Waals surface area contributed by atoms with Crippen LogP contribution in [0.3, 0.4) is 0 Å². The number of fused-ring (bicyclic) bond motifs is 1. The lowest BCUT2D eigenvalue weighted by Crippen LogP contribution is -2.29. The number of hydrogen-bond donors (Lipinski definition) is 2. The highest BCUT2D eigenvalue weighted by atomic mass is 16.5. The van der Waals surface area contributed by atoms with Gasteiger partial charge in [-0.05, 0) is 36.2 Å². The zero-order valence-corrected chi connectivity index (χ0v) is 18.1. The van der Waals surface area contributed by atoms with Crippen LogP contribution in [0.25, 0.3) is 16.6 Å². The fourth-order valence-electron chi connectivity index (χ4n) is 3.89. The summed E-state index contributed by atoms with van der Waals surface area (Å²) in [4.78, 5) is 6.51. The molecule has 8 heteroatoms. The summed E-state index contributed by atoms with van der Waals surface area (Å²) in [5.41, 5.74) is 3.19. The zero-order valence-electron chi connectivity index (χ0n) is 18.1. The third-order valence-electron chi connectivity index (χ3n) is 5.61. The lowest BCUT2D eigenvalue weighted by atomic mass is 10.1. The standard InChI is InChI=1S/C23H26N4O4/c1-26-17-7-6-15(29-2)12-16(17)25-23(26)21-18(28)13-27(22(21)24)10-9-14-5-8-19(30-3)20(11-14)31-4/h5-8,11-12,24,28H,9-10,13H2,1-4H3. The maximum Gasteiger partial charge on any atom is 0.160 e. The molecule has 0 saturated carbocycles. The van der Waals surface area contributed by atoms with Crippen molar-refractivity contribution >= 4 is 22.4 Å². The molecule has 31 heavy (non-hydrogen) atoms. The average Bonchev–Trinajstić information content (AvgIpc) is 3.26. The topological polar surface area (TPSA) is 92.8 Å². The molecule has 4 rings (SSSR count). The lowest BCUT2D eigenvalue weighted by Gasteiger charge is -2.19. The zero-order chi connectivity index (χ0) is 22.1. The SMILES string of the molecule is COc1ccc2c(c1)nc(C1=C(O)CN(CCc3ccc(OC)c(OC)c3)C1=N)n2C. The molecule has 0 amide bonds. The molecule has 0 aliphatic carbocycles. The number of nitrogens with zero attached hydrogens (tertiary/aromatic N) is 3. The number of aromatic nitrogens is 2. The predicted molar refractivity (Wildman–Crippen MR) is 119 cm³/mol. The molecular formula is C23H26N4O4. The van der Waals surface area contributed by atoms with Gasteiger partial charge < -0.3 is 28.8 Å². The molecule has 1 aromatic heterocycles. The molecule has 3 aromatic rings. The third-order valence-corrected chi connectivity index (χ3v) is 5.61. The largest absolute Gasteiger partial charge is 0.510 e. The van der Waals surface area contributed by atoms with Crippen molar-refractivity contribution in [1.29, 1.82) is 5.41 Å². The van der Waals surface area contributed by atoms with Crippen molar-refractivity contribution in [1.82, 2.24) is 14.5 Å². The molecule has 0 saturated heterocycles. The van der Waals surface area contributed by atoms with Crippen molar-refractivity contribution in [2.45, 2.75) is 6.42 Å². The van der Waals surface area contributed by atoms with E-state index < -0.39 is 0 Å². The molecule has 0 atom stereocenters. The minimum Gasteiger partial charge on any atom is -0.510 e. The van der Waals surface area contributed by atoms with Gasteiger partial charge in [-0.2, -0.15) is 0 Å². The fourth-order valence-corrected chi connectivity index (χ4v) is 3.89. The first-order valence-corrected chi connectivity index (χ1v) is 9.94. The highest BCUT2D eigenvalue weighted by molar-refractivity contribution is 6.23. The molecule has 0 unspecified atom stereocenters. The van der Waals surface area contributed by atoms with Crippen molar-refractivity contribution < 1.29 is 19.3 Å². The van der Waals surface area contributed by atoms with Gasteiger partial charge in [-0.25, -0.2) is 4.98 Å². The van der Waals surface area contributed by atoms with Crippen molar-refractivity contribution in [3.8, 4) is 17.2 Å². The Bertz CT molecular complexity index is 1180. The number of benzene rings is 2. The Hall–Kier alpha value is -3.68. The van der Waals surface area contributed by atoms with E-state index in [9.17, 15) is 5.11 Å². The second kappa shape index (κ2) is 8.22. The monoisotopic (exact) mass is 422 g/mol. The molecule has 1 aliphatic rings. The Kier molecular flexibility index (Phi) is 5.46. The Labute approximate surface area is 180 Å². The number of ether oxygens (including phenoxy) is 3. The Morgan fingerprint density at radius 3 is 2.52 bits per heavy atom. The molecule has 0 bridgehead atoms. The molecule has 2 N–H and O–H groups in total. The summed E-state index contributed by atoms with van der Waals surface area (Å²) in [5.74, 6) is 3.06. The van der Waals surface area contributed by atoms with Gasteiger partial charge in [0.1, 0.15) is 23.2 Å². The van der Waals surface area contributed by atoms with Crippen molar-refractivity contribution in [3.05, 3.63) is 53.5 Å². The summed E-state index contributed by atoms with van der Waals surface area (Å²) in [6.45, 7) is 0.869. The molecule has 8 nitrogen and oxygen atoms in total. The van der Waals surface area contributed by atoms with Crippen LogP contribution in [0.4, 0.5) is 0 Å². The van der Waals surface area contributed by atoms with Gasteiger partial charge >= 0.3 is 0 Å². The molecule has 2 heterocycles. The Morgan fingerprint density at radius 1 is 1.03 bits per heavy atom. The summed E-state index contributed by atoms with van der Waals surface area (Å²) in [7, 11) is 6.72. The molecule has 0 radical (unpaired) electrons. The Balaban J connectivity index is 1.54. The second-order valence-electron chi connectivity index (χ2n) is 7.38. The van der Waals surface area contributed by atoms with E-state index in [-0.39, 0.29) is 18.1 Å². The summed E-state index contributed by atoms with van der Waals surface area (Å²) in [5, 5.41) is 19.3. The van der Waals surface area contributed by atoms with Crippen LogP contribution in [0.5, 0.6) is 17.2 Å². The molecule has 0 spiro atoms. The minimum absolute atomic E-state index is 0.155. The number of hydrogen-bond acceptors (Lipinski definition) is 6. The fraction of sp³-hybridized carbons (Fsp3) is 0.304. The first-order valence-electron chi connectivity index (χ1n) is 9.94. The van der Waals surface area contributed by atoms with E-state index in [0.717, 1.165) is 16.6 Å². The first-order chi connectivity index (χ1) is 15.0. The number of aryl methyl sites for hydroxylation is 1. The van der Waals surface area contributed by atoms with Gasteiger partial charge in [-0.15, -0.1) is 0 Å². The van der Waals surface area contributed by atoms with Crippen LogP contribution in [0.2, 0.25) is 0 Å². The summed E-state index contributed by atoms with van der Waals surface area (Å²) in [6, 6.07) is 11.4. The van der Waals surface area contributed by atoms with Crippen LogP contribution in [0, 0.1) is 5.41 Å². The second-order valence-corrected chi connectivity index (χ2v) is 7.38. The summed E-state index contributed by atoms with van der Waals surface area (Å²) >= 11 is 0. The van der Waals surface area contributed by atoms with Gasteiger partial charge in [-0.1, -0.05) is 6.07 Å². The predicted octanol–water partition coefficient (Wildman–Crippen LogP) is 3.40. The number of aliphatic hydroxyl groups excluding tert-OH is 1. The minimum atomic E-state index is 0.155. The number of nitrogens with one attached hydrogen (secondary N) is 1. The van der Waals surface area contributed by atoms with Gasteiger partial charge in [0.25, 0.3) is 0 Å². The van der Waals surface area contributed by atoms with Crippen LogP contribution < -0.4 is 14.2 Å². The van der Waals surface area contributed by atoms with Gasteiger partial charge in [0.15, 0.2) is 11.5 Å². The smallest absolute Gasteiger partial charge is 0.160 e. The maximum atomic E-state index is 10.7. The van der Waals surface area contributed by atoms with Crippen LogP contribution in [-0.4, -0.2) is 59.8 Å². The number of aliphatic hydroxyl groups is 1. The molecule has 1 aliphatic heterocycles. The van der Waals surface area contributed by atoms with E-state index in [2.05, 4.69) is 4.98 Å². The lowest BCUT2D eigenvalue weighted by molar-refractivity contribution is 0.349. The number of amidine groups is 1. The van der Waals surface area contributed by atoms with E-state index in [1.54, 1.807) is 21.3 Å². The van der Waals surface area contributed by atoms with Gasteiger partial charge in [0.05, 0.1) is 44.5 Å². The highest BCUT2D eigenvalue weighted by Crippen LogP contribution is 2.31. The van der Waals surface area contributed by atoms with Gasteiger partial charge in [0, 0.05) is 19.7 Å². The molecule has 0 fully saturated rings. The molecular weight excluding hydrogens is 396 g/mol. The van der Waals surface area contributed by atoms with Crippen LogP contribution in [0.1, 0.15) is 11.4 Å². The highest BCUT2D eigenvalue weighted by Gasteiger charge is 2.31.